The van der Waals surface area contributed by atoms with Crippen LogP contribution in [0.3, 0.4) is 0 Å². The molecule has 0 saturated heterocycles. The molecule has 22 aliphatic rings. The van der Waals surface area contributed by atoms with Gasteiger partial charge in [0, 0.05) is 12.3 Å². The molecule has 0 aromatic rings. The Morgan fingerprint density at radius 3 is 0.859 bits per heavy atom. The van der Waals surface area contributed by atoms with Gasteiger partial charge in [-0.2, -0.15) is 0 Å². The molecule has 0 amide bonds. The summed E-state index contributed by atoms with van der Waals surface area (Å²) in [5.74, 6) is 20.8. The van der Waals surface area contributed by atoms with Crippen molar-refractivity contribution < 1.29 is 12.3 Å². The van der Waals surface area contributed by atoms with Crippen LogP contribution in [0.2, 0.25) is 0 Å². The Kier molecular flexibility index (Phi) is 22.2. The zero-order valence-corrected chi connectivity index (χ0v) is 59.8. The molecule has 22 saturated carbocycles. The van der Waals surface area contributed by atoms with Gasteiger partial charge in [-0.3, -0.25) is 0 Å². The minimum Gasteiger partial charge on any atom is -0.0651 e. The Bertz CT molecular complexity index is 2140. The predicted octanol–water partition coefficient (Wildman–Crippen LogP) is 26.6. The maximum atomic E-state index is 8.03. The van der Waals surface area contributed by atoms with E-state index in [1.54, 1.807) is 0 Å². The number of rotatable bonds is 9. The molecule has 0 N–H and O–H groups in total. The highest BCUT2D eigenvalue weighted by atomic mass is 14.6. The first kappa shape index (κ1) is 57.6. The van der Waals surface area contributed by atoms with Gasteiger partial charge >= 0.3 is 0 Å². The van der Waals surface area contributed by atoms with Gasteiger partial charge in [0.05, 0.1) is 0 Å². The van der Waals surface area contributed by atoms with Gasteiger partial charge in [-0.05, 0) is 337 Å². The van der Waals surface area contributed by atoms with E-state index in [4.69, 9.17) is 12.3 Å². The number of hydrogen-bond donors (Lipinski definition) is 0. The highest BCUT2D eigenvalue weighted by Crippen LogP contribution is 2.62. The van der Waals surface area contributed by atoms with E-state index in [0.717, 1.165) is 130 Å². The molecule has 22 rings (SSSR count). The summed E-state index contributed by atoms with van der Waals surface area (Å²) in [5, 5.41) is 0. The van der Waals surface area contributed by atoms with Crippen molar-refractivity contribution in [1.82, 2.24) is 0 Å². The maximum Gasteiger partial charge on any atom is 0.0300 e. The fourth-order valence-electron chi connectivity index (χ4n) is 24.3. The lowest BCUT2D eigenvalue weighted by Crippen LogP contribution is -2.52. The van der Waals surface area contributed by atoms with Gasteiger partial charge in [-0.15, -0.1) is 0 Å². The highest BCUT2D eigenvalue weighted by molar-refractivity contribution is 5.03. The van der Waals surface area contributed by atoms with E-state index < -0.39 is 0 Å². The van der Waals surface area contributed by atoms with Gasteiger partial charge in [-0.25, -0.2) is 0 Å². The molecule has 9 atom stereocenters. The largest absolute Gasteiger partial charge is 0.0651 e. The van der Waals surface area contributed by atoms with Gasteiger partial charge in [0.2, 0.25) is 0 Å². The Hall–Kier alpha value is 0. The second-order valence-corrected chi connectivity index (χ2v) is 36.0. The van der Waals surface area contributed by atoms with Crippen LogP contribution >= 0.6 is 0 Å². The molecule has 9 unspecified atom stereocenters. The van der Waals surface area contributed by atoms with E-state index in [0.29, 0.717) is 17.8 Å². The molecule has 22 aliphatic carbocycles. The minimum absolute atomic E-state index is 0.133. The molecule has 0 nitrogen and oxygen atoms in total. The smallest absolute Gasteiger partial charge is 0.0300 e. The quantitative estimate of drug-likeness (QED) is 0.216. The van der Waals surface area contributed by atoms with Crippen LogP contribution in [0, 0.1) is 189 Å². The summed E-state index contributed by atoms with van der Waals surface area (Å²) in [4.78, 5) is 0. The molecule has 22 fully saturated rings. The number of hydrogen-bond acceptors (Lipinski definition) is 0. The molecule has 0 aliphatic heterocycles. The van der Waals surface area contributed by atoms with Crippen LogP contribution in [0.25, 0.3) is 0 Å². The average molecular weight is 1190 g/mol. The Morgan fingerprint density at radius 1 is 0.259 bits per heavy atom. The first-order valence-electron chi connectivity index (χ1n) is 43.6. The van der Waals surface area contributed by atoms with Crippen LogP contribution in [0.15, 0.2) is 0 Å². The third kappa shape index (κ3) is 18.0. The first-order chi connectivity index (χ1) is 43.6. The van der Waals surface area contributed by atoms with Crippen molar-refractivity contribution in [1.29, 1.82) is 0 Å². The van der Waals surface area contributed by atoms with E-state index >= 15 is 0 Å². The molecule has 0 radical (unpaired) electrons. The van der Waals surface area contributed by atoms with Crippen LogP contribution in [-0.4, -0.2) is 0 Å². The van der Waals surface area contributed by atoms with E-state index in [2.05, 4.69) is 83.1 Å². The SMILES string of the molecule is [2H]C(C)(C)C1C2CC1C2.[2H]C(C)(C)C1C2CCC1C2.[2H]C(C)(C)C1C2CCC1CC2.[2H]C(C)(C)C1CC2CC1C2.[2H]C(C)(C)C1CC2CCC1C2.[2H]C(C)(C)C1CCCC1.[2H]C(C)(C)C1CCCCC1.[2H]C(C)C1C2CC3CC(C2)CC1C3.[2H]C(C)C1CC2CCC1CC2. The Balaban J connectivity index is 0.000000125. The lowest BCUT2D eigenvalue weighted by Gasteiger charge is -2.60. The standard InChI is InChI=1S/C12H20.3C10H18.2C9H16.C9H18.C8H14.C8H16/c1-2-12-10-4-8-3-9(6-10)7-11(12)5-8;1-7(2)10-6-8-3-4-9(10)5-8;1-7(2)10-8-3-4-9(10)6-5-8;1-2-9-7-8-3-5-10(9)6-4-8;1-6(2)9-5-7-3-8(9)4-7;1-6(2)9-7-3-4-8(9)5-7;1-8(2)9-6-4-3-5-7-9;1-5(2)8-6-3-7(8)4-6;1-7(2)8-5-3-4-6-8/h8-12H,2-7H2,1H3;2*7-10H,3-6H2,1-2H3;8-10H,2-7H2,1H3;2*6-9H,3-5H2,1-2H3;8-9H,3-7H2,1-2H3;5-8H,3-4H2,1-2H3;7-8H,3-6H2,1-2H3/i2D;2*7D;2D;2*6D;8D;5D;7D. The summed E-state index contributed by atoms with van der Waals surface area (Å²) in [7, 11) is 0. The lowest BCUT2D eigenvalue weighted by molar-refractivity contribution is -0.107. The van der Waals surface area contributed by atoms with Gasteiger partial charge in [-0.1, -0.05) is 201 Å². The zero-order chi connectivity index (χ0) is 68.8. The van der Waals surface area contributed by atoms with Crippen molar-refractivity contribution >= 4 is 0 Å². The third-order valence-electron chi connectivity index (χ3n) is 29.0. The molecule has 16 bridgehead atoms. The normalized spacial score (nSPS) is 46.6. The van der Waals surface area contributed by atoms with Crippen molar-refractivity contribution in [2.45, 2.75) is 348 Å². The Labute approximate surface area is 547 Å². The monoisotopic (exact) mass is 1180 g/mol. The summed E-state index contributed by atoms with van der Waals surface area (Å²) in [6.07, 6.45) is 49.6. The van der Waals surface area contributed by atoms with Crippen molar-refractivity contribution in [2.75, 3.05) is 0 Å². The lowest BCUT2D eigenvalue weighted by atomic mass is 9.45. The summed E-state index contributed by atoms with van der Waals surface area (Å²) in [6.45, 7) is 33.1. The molecule has 494 valence electrons. The minimum atomic E-state index is -0.180. The van der Waals surface area contributed by atoms with Crippen molar-refractivity contribution in [3.8, 4) is 0 Å². The van der Waals surface area contributed by atoms with Gasteiger partial charge in [0.25, 0.3) is 0 Å². The fourth-order valence-corrected chi connectivity index (χ4v) is 24.3. The first-order valence-corrected chi connectivity index (χ1v) is 39.0. The van der Waals surface area contributed by atoms with Crippen LogP contribution < -0.4 is 0 Å². The van der Waals surface area contributed by atoms with Crippen LogP contribution in [0.4, 0.5) is 0 Å². The molecule has 0 spiro atoms. The van der Waals surface area contributed by atoms with Crippen LogP contribution in [0.5, 0.6) is 0 Å². The summed E-state index contributed by atoms with van der Waals surface area (Å²) < 4.78 is 70.8. The summed E-state index contributed by atoms with van der Waals surface area (Å²) >= 11 is 0. The summed E-state index contributed by atoms with van der Waals surface area (Å²) in [5.41, 5.74) is 0. The second kappa shape index (κ2) is 32.7. The van der Waals surface area contributed by atoms with Gasteiger partial charge in [0.1, 0.15) is 0 Å². The molecule has 0 heteroatoms. The molecule has 0 aromatic carbocycles. The molecular formula is C85H154. The van der Waals surface area contributed by atoms with Crippen molar-refractivity contribution in [3.05, 3.63) is 0 Å². The van der Waals surface area contributed by atoms with Gasteiger partial charge < -0.3 is 0 Å². The zero-order valence-electron chi connectivity index (χ0n) is 68.8. The topological polar surface area (TPSA) is 0 Å². The van der Waals surface area contributed by atoms with Gasteiger partial charge in [0.15, 0.2) is 0 Å². The van der Waals surface area contributed by atoms with E-state index in [1.807, 2.05) is 27.7 Å². The third-order valence-corrected chi connectivity index (χ3v) is 29.0. The van der Waals surface area contributed by atoms with Crippen molar-refractivity contribution in [3.63, 3.8) is 0 Å². The molecule has 85 heavy (non-hydrogen) atoms. The fraction of sp³-hybridized carbons (Fsp3) is 1.00. The average Bonchev–Trinajstić information content (AvgIpc) is 1.25. The maximum absolute atomic E-state index is 8.03. The van der Waals surface area contributed by atoms with Crippen LogP contribution in [-0.2, 0) is 0 Å². The van der Waals surface area contributed by atoms with Crippen LogP contribution in [0.1, 0.15) is 361 Å². The molecule has 0 heterocycles. The molecular weight excluding hydrogens is 1020 g/mol. The number of fused-ring (bicyclic) bond motifs is 9. The molecule has 0 aromatic heterocycles. The van der Waals surface area contributed by atoms with E-state index in [9.17, 15) is 0 Å². The van der Waals surface area contributed by atoms with Crippen molar-refractivity contribution in [2.24, 2.45) is 189 Å². The van der Waals surface area contributed by atoms with E-state index in [-0.39, 0.29) is 54.1 Å². The van der Waals surface area contributed by atoms with E-state index in [1.165, 1.54) is 225 Å². The second-order valence-electron chi connectivity index (χ2n) is 36.0. The Morgan fingerprint density at radius 2 is 0.612 bits per heavy atom. The predicted molar refractivity (Wildman–Crippen MR) is 373 cm³/mol. The summed E-state index contributed by atoms with van der Waals surface area (Å²) in [6, 6.07) is 0. The highest BCUT2D eigenvalue weighted by Gasteiger charge is 2.53.